The summed E-state index contributed by atoms with van der Waals surface area (Å²) < 4.78 is 0. The molecule has 0 saturated carbocycles. The van der Waals surface area contributed by atoms with Crippen molar-refractivity contribution in [3.8, 4) is 11.8 Å². The predicted molar refractivity (Wildman–Crippen MR) is 83.3 cm³/mol. The number of carbonyl (C=O) groups is 1. The molecule has 1 aromatic carbocycles. The quantitative estimate of drug-likeness (QED) is 0.896. The van der Waals surface area contributed by atoms with Gasteiger partial charge in [0.05, 0.1) is 22.0 Å². The number of phenols is 1. The van der Waals surface area contributed by atoms with Crippen molar-refractivity contribution in [2.45, 2.75) is 26.2 Å². The number of carbonyl (C=O) groups excluding carboxylic acids is 1. The molecule has 21 heavy (non-hydrogen) atoms. The Bertz CT molecular complexity index is 523. The van der Waals surface area contributed by atoms with Crippen molar-refractivity contribution in [1.82, 2.24) is 4.90 Å². The molecule has 1 N–H and O–H groups in total. The van der Waals surface area contributed by atoms with Crippen LogP contribution in [0.25, 0.3) is 0 Å². The minimum Gasteiger partial charge on any atom is -0.508 e. The maximum Gasteiger partial charge on any atom is 0.223 e. The molecule has 1 saturated heterocycles. The normalized spacial score (nSPS) is 14.9. The molecular weight excluding hydrogens is 311 g/mol. The molecule has 1 aliphatic rings. The van der Waals surface area contributed by atoms with Crippen molar-refractivity contribution in [2.75, 3.05) is 13.1 Å². The van der Waals surface area contributed by atoms with Crippen molar-refractivity contribution in [2.24, 2.45) is 5.92 Å². The summed E-state index contributed by atoms with van der Waals surface area (Å²) in [5, 5.41) is 18.1. The van der Waals surface area contributed by atoms with Gasteiger partial charge in [-0.25, -0.2) is 0 Å². The molecule has 4 nitrogen and oxygen atoms in total. The van der Waals surface area contributed by atoms with Crippen molar-refractivity contribution in [1.29, 1.82) is 5.26 Å². The number of hydrogen-bond acceptors (Lipinski definition) is 3. The van der Waals surface area contributed by atoms with Crippen molar-refractivity contribution >= 4 is 29.1 Å². The average Bonchev–Trinajstić information content (AvgIpc) is 2.98. The summed E-state index contributed by atoms with van der Waals surface area (Å²) in [6.45, 7) is 3.56. The summed E-state index contributed by atoms with van der Waals surface area (Å²) in [5.41, 5.74) is 0. The first-order valence-corrected chi connectivity index (χ1v) is 7.51. The number of amides is 1. The van der Waals surface area contributed by atoms with Crippen LogP contribution in [0.2, 0.25) is 10.0 Å². The van der Waals surface area contributed by atoms with Gasteiger partial charge in [-0.2, -0.15) is 5.26 Å². The second-order valence-electron chi connectivity index (χ2n) is 4.92. The second kappa shape index (κ2) is 8.76. The summed E-state index contributed by atoms with van der Waals surface area (Å²) in [5.74, 6) is 0.129. The van der Waals surface area contributed by atoms with E-state index in [1.165, 1.54) is 12.1 Å². The largest absolute Gasteiger partial charge is 0.508 e. The zero-order chi connectivity index (χ0) is 15.8. The van der Waals surface area contributed by atoms with Gasteiger partial charge < -0.3 is 10.0 Å². The molecule has 1 fully saturated rings. The Balaban J connectivity index is 0.000000219. The van der Waals surface area contributed by atoms with Crippen molar-refractivity contribution in [3.05, 3.63) is 28.2 Å². The van der Waals surface area contributed by atoms with Crippen molar-refractivity contribution in [3.63, 3.8) is 0 Å². The summed E-state index contributed by atoms with van der Waals surface area (Å²) in [6.07, 6.45) is 2.62. The van der Waals surface area contributed by atoms with Gasteiger partial charge in [0, 0.05) is 19.5 Å². The smallest absolute Gasteiger partial charge is 0.223 e. The number of halogens is 2. The molecule has 1 heterocycles. The topological polar surface area (TPSA) is 64.3 Å². The molecule has 0 aliphatic carbocycles. The van der Waals surface area contributed by atoms with Crippen LogP contribution in [0.3, 0.4) is 0 Å². The van der Waals surface area contributed by atoms with Crippen LogP contribution in [0, 0.1) is 17.2 Å². The summed E-state index contributed by atoms with van der Waals surface area (Å²) in [6, 6.07) is 6.49. The van der Waals surface area contributed by atoms with E-state index >= 15 is 0 Å². The van der Waals surface area contributed by atoms with Crippen LogP contribution < -0.4 is 0 Å². The lowest BCUT2D eigenvalue weighted by atomic mass is 10.1. The third kappa shape index (κ3) is 6.24. The van der Waals surface area contributed by atoms with Gasteiger partial charge >= 0.3 is 0 Å². The second-order valence-corrected chi connectivity index (χ2v) is 5.73. The number of nitrogens with zero attached hydrogens (tertiary/aromatic N) is 2. The predicted octanol–water partition coefficient (Wildman–Crippen LogP) is 3.86. The highest BCUT2D eigenvalue weighted by Crippen LogP contribution is 2.25. The summed E-state index contributed by atoms with van der Waals surface area (Å²) >= 11 is 11.1. The summed E-state index contributed by atoms with van der Waals surface area (Å²) in [4.78, 5) is 13.2. The van der Waals surface area contributed by atoms with E-state index in [1.807, 2.05) is 4.90 Å². The van der Waals surface area contributed by atoms with Crippen LogP contribution in [0.1, 0.15) is 26.2 Å². The number of phenolic OH excluding ortho intramolecular Hbond substituents is 1. The Morgan fingerprint density at radius 2 is 2.00 bits per heavy atom. The van der Waals surface area contributed by atoms with Gasteiger partial charge in [-0.05, 0) is 38.0 Å². The Morgan fingerprint density at radius 3 is 2.48 bits per heavy atom. The Hall–Kier alpha value is -1.44. The van der Waals surface area contributed by atoms with E-state index < -0.39 is 0 Å². The number of aromatic hydroxyl groups is 1. The summed E-state index contributed by atoms with van der Waals surface area (Å²) in [7, 11) is 0. The van der Waals surface area contributed by atoms with Gasteiger partial charge in [-0.1, -0.05) is 23.2 Å². The molecule has 1 aliphatic heterocycles. The molecule has 2 rings (SSSR count). The van der Waals surface area contributed by atoms with Gasteiger partial charge in [0.2, 0.25) is 5.91 Å². The van der Waals surface area contributed by atoms with Crippen LogP contribution in [0.4, 0.5) is 0 Å². The van der Waals surface area contributed by atoms with Gasteiger partial charge in [0.25, 0.3) is 0 Å². The molecular formula is C15H18Cl2N2O2. The lowest BCUT2D eigenvalue weighted by Gasteiger charge is -2.15. The van der Waals surface area contributed by atoms with Crippen LogP contribution in [0.5, 0.6) is 5.75 Å². The maximum absolute atomic E-state index is 11.4. The van der Waals surface area contributed by atoms with Gasteiger partial charge in [-0.15, -0.1) is 0 Å². The van der Waals surface area contributed by atoms with Gasteiger partial charge in [0.15, 0.2) is 0 Å². The highest BCUT2D eigenvalue weighted by molar-refractivity contribution is 6.42. The maximum atomic E-state index is 11.4. The molecule has 114 valence electrons. The minimum absolute atomic E-state index is 0.129. The first kappa shape index (κ1) is 17.6. The molecule has 6 heteroatoms. The van der Waals surface area contributed by atoms with E-state index in [2.05, 4.69) is 6.07 Å². The molecule has 0 aromatic heterocycles. The highest BCUT2D eigenvalue weighted by Gasteiger charge is 2.19. The zero-order valence-corrected chi connectivity index (χ0v) is 13.4. The lowest BCUT2D eigenvalue weighted by molar-refractivity contribution is -0.130. The van der Waals surface area contributed by atoms with E-state index in [0.717, 1.165) is 25.9 Å². The van der Waals surface area contributed by atoms with Crippen LogP contribution >= 0.6 is 23.2 Å². The molecule has 1 unspecified atom stereocenters. The monoisotopic (exact) mass is 328 g/mol. The van der Waals surface area contributed by atoms with E-state index in [4.69, 9.17) is 33.6 Å². The fourth-order valence-corrected chi connectivity index (χ4v) is 2.18. The van der Waals surface area contributed by atoms with Crippen LogP contribution in [-0.2, 0) is 4.79 Å². The van der Waals surface area contributed by atoms with Gasteiger partial charge in [0.1, 0.15) is 5.75 Å². The fourth-order valence-electron chi connectivity index (χ4n) is 1.89. The Kier molecular flexibility index (Phi) is 7.35. The highest BCUT2D eigenvalue weighted by atomic mass is 35.5. The fraction of sp³-hybridized carbons (Fsp3) is 0.467. The first-order valence-electron chi connectivity index (χ1n) is 6.75. The van der Waals surface area contributed by atoms with Crippen LogP contribution in [-0.4, -0.2) is 29.0 Å². The molecule has 1 atom stereocenters. The molecule has 1 amide bonds. The molecule has 0 spiro atoms. The van der Waals surface area contributed by atoms with E-state index in [-0.39, 0.29) is 17.6 Å². The lowest BCUT2D eigenvalue weighted by Crippen LogP contribution is -2.28. The van der Waals surface area contributed by atoms with Gasteiger partial charge in [-0.3, -0.25) is 4.79 Å². The van der Waals surface area contributed by atoms with E-state index in [1.54, 1.807) is 13.0 Å². The average molecular weight is 329 g/mol. The van der Waals surface area contributed by atoms with E-state index in [0.29, 0.717) is 16.5 Å². The molecule has 1 aromatic rings. The number of likely N-dealkylation sites (tertiary alicyclic amines) is 1. The third-order valence-electron chi connectivity index (χ3n) is 3.06. The molecule has 0 radical (unpaired) electrons. The Morgan fingerprint density at radius 1 is 1.38 bits per heavy atom. The number of benzene rings is 1. The Labute approximate surface area is 134 Å². The zero-order valence-electron chi connectivity index (χ0n) is 11.9. The van der Waals surface area contributed by atoms with E-state index in [9.17, 15) is 4.79 Å². The first-order chi connectivity index (χ1) is 9.93. The third-order valence-corrected chi connectivity index (χ3v) is 3.80. The molecule has 0 bridgehead atoms. The SMILES string of the molecule is CC(C#N)CC(=O)N1CCCC1.Oc1ccc(Cl)c(Cl)c1. The minimum atomic E-state index is -0.141. The van der Waals surface area contributed by atoms with Crippen LogP contribution in [0.15, 0.2) is 18.2 Å². The number of rotatable bonds is 2. The number of nitriles is 1. The standard InChI is InChI=1S/C9H14N2O.C6H4Cl2O/c1-8(7-10)6-9(12)11-4-2-3-5-11;7-5-2-1-4(9)3-6(5)8/h8H,2-6H2,1H3;1-3,9H. The number of hydrogen-bond donors (Lipinski definition) is 1. The van der Waals surface area contributed by atoms with Crippen molar-refractivity contribution < 1.29 is 9.90 Å².